The molecule has 0 amide bonds. The van der Waals surface area contributed by atoms with Gasteiger partial charge in [-0.1, -0.05) is 12.1 Å². The lowest BCUT2D eigenvalue weighted by atomic mass is 10.0. The van der Waals surface area contributed by atoms with E-state index in [0.29, 0.717) is 6.54 Å². The van der Waals surface area contributed by atoms with Gasteiger partial charge in [-0.15, -0.1) is 0 Å². The molecule has 0 spiro atoms. The predicted octanol–water partition coefficient (Wildman–Crippen LogP) is 3.85. The molecule has 8 heteroatoms. The van der Waals surface area contributed by atoms with Crippen LogP contribution >= 0.6 is 0 Å². The van der Waals surface area contributed by atoms with Gasteiger partial charge in [0.05, 0.1) is 25.5 Å². The number of rotatable bonds is 5. The summed E-state index contributed by atoms with van der Waals surface area (Å²) in [5.41, 5.74) is 7.32. The number of morpholine rings is 1. The molecule has 0 unspecified atom stereocenters. The quantitative estimate of drug-likeness (QED) is 0.478. The molecule has 4 heterocycles. The van der Waals surface area contributed by atoms with E-state index in [9.17, 15) is 0 Å². The number of nitrogens with one attached hydrogen (secondary N) is 2. The Balaban J connectivity index is 1.29. The van der Waals surface area contributed by atoms with Crippen LogP contribution in [0.2, 0.25) is 0 Å². The van der Waals surface area contributed by atoms with Crippen LogP contribution in [0.4, 0.5) is 17.2 Å². The van der Waals surface area contributed by atoms with Crippen molar-refractivity contribution in [1.29, 1.82) is 0 Å². The maximum atomic E-state index is 5.46. The summed E-state index contributed by atoms with van der Waals surface area (Å²) in [4.78, 5) is 16.5. The molecule has 2 aromatic heterocycles. The molecule has 8 nitrogen and oxygen atoms in total. The molecule has 0 atom stereocenters. The highest BCUT2D eigenvalue weighted by Gasteiger charge is 2.17. The molecule has 0 aliphatic carbocycles. The molecule has 6 rings (SSSR count). The highest BCUT2D eigenvalue weighted by molar-refractivity contribution is 6.02. The monoisotopic (exact) mass is 453 g/mol. The Hall–Kier alpha value is -3.91. The minimum absolute atomic E-state index is 0.694. The maximum Gasteiger partial charge on any atom is 0.180 e. The van der Waals surface area contributed by atoms with Crippen molar-refractivity contribution in [2.75, 3.05) is 43.1 Å². The van der Waals surface area contributed by atoms with Crippen molar-refractivity contribution < 1.29 is 4.74 Å². The molecule has 0 bridgehead atoms. The SMILES string of the molecule is CCNC1=NCc2cc(-c3cn4ccnc4c(Nc4ccc(N5CCOCC5)cc4)n3)ccc21. The molecule has 2 aromatic carbocycles. The predicted molar refractivity (Wildman–Crippen MR) is 135 cm³/mol. The summed E-state index contributed by atoms with van der Waals surface area (Å²) in [6.45, 7) is 7.05. The first-order chi connectivity index (χ1) is 16.8. The number of anilines is 3. The second kappa shape index (κ2) is 8.79. The van der Waals surface area contributed by atoms with E-state index < -0.39 is 0 Å². The van der Waals surface area contributed by atoms with E-state index in [4.69, 9.17) is 9.72 Å². The van der Waals surface area contributed by atoms with Crippen molar-refractivity contribution in [3.8, 4) is 11.3 Å². The van der Waals surface area contributed by atoms with Gasteiger partial charge in [0.25, 0.3) is 0 Å². The van der Waals surface area contributed by atoms with Gasteiger partial charge in [0.1, 0.15) is 5.84 Å². The van der Waals surface area contributed by atoms with E-state index in [2.05, 4.69) is 74.9 Å². The molecule has 2 N–H and O–H groups in total. The Morgan fingerprint density at radius 3 is 2.74 bits per heavy atom. The Morgan fingerprint density at radius 2 is 1.91 bits per heavy atom. The molecule has 0 saturated carbocycles. The standard InChI is InChI=1S/C26H27N7O/c1-2-27-24-22-8-3-18(15-19(22)16-29-24)23-17-33-10-9-28-26(33)25(31-23)30-20-4-6-21(7-5-20)32-11-13-34-14-12-32/h3-10,15,17H,2,11-14,16H2,1H3,(H,27,29)(H,30,31). The number of nitrogens with zero attached hydrogens (tertiary/aromatic N) is 5. The van der Waals surface area contributed by atoms with E-state index in [1.165, 1.54) is 16.8 Å². The Bertz CT molecular complexity index is 1350. The van der Waals surface area contributed by atoms with Crippen LogP contribution < -0.4 is 15.5 Å². The summed E-state index contributed by atoms with van der Waals surface area (Å²) in [5.74, 6) is 1.71. The third-order valence-electron chi connectivity index (χ3n) is 6.29. The number of ether oxygens (including phenoxy) is 1. The summed E-state index contributed by atoms with van der Waals surface area (Å²) >= 11 is 0. The molecule has 34 heavy (non-hydrogen) atoms. The van der Waals surface area contributed by atoms with Crippen molar-refractivity contribution in [3.63, 3.8) is 0 Å². The molecule has 1 fully saturated rings. The van der Waals surface area contributed by atoms with Gasteiger partial charge in [-0.3, -0.25) is 4.99 Å². The van der Waals surface area contributed by atoms with Crippen LogP contribution in [0.1, 0.15) is 18.1 Å². The van der Waals surface area contributed by atoms with Crippen molar-refractivity contribution >= 4 is 28.7 Å². The topological polar surface area (TPSA) is 79.1 Å². The molecular weight excluding hydrogens is 426 g/mol. The van der Waals surface area contributed by atoms with Crippen LogP contribution in [-0.4, -0.2) is 53.1 Å². The molecule has 2 aliphatic rings. The normalized spacial score (nSPS) is 15.3. The van der Waals surface area contributed by atoms with E-state index in [-0.39, 0.29) is 0 Å². The molecule has 2 aliphatic heterocycles. The van der Waals surface area contributed by atoms with E-state index >= 15 is 0 Å². The highest BCUT2D eigenvalue weighted by atomic mass is 16.5. The van der Waals surface area contributed by atoms with Gasteiger partial charge in [0.15, 0.2) is 11.5 Å². The smallest absolute Gasteiger partial charge is 0.180 e. The summed E-state index contributed by atoms with van der Waals surface area (Å²) in [6, 6.07) is 14.9. The fraction of sp³-hybridized carbons (Fsp3) is 0.269. The zero-order chi connectivity index (χ0) is 22.9. The first kappa shape index (κ1) is 20.7. The number of benzene rings is 2. The number of hydrogen-bond acceptors (Lipinski definition) is 7. The average molecular weight is 454 g/mol. The van der Waals surface area contributed by atoms with Crippen molar-refractivity contribution in [3.05, 3.63) is 72.2 Å². The van der Waals surface area contributed by atoms with E-state index in [1.54, 1.807) is 6.20 Å². The number of fused-ring (bicyclic) bond motifs is 2. The van der Waals surface area contributed by atoms with Gasteiger partial charge in [0, 0.05) is 60.7 Å². The Labute approximate surface area is 198 Å². The van der Waals surface area contributed by atoms with Crippen LogP contribution in [0.25, 0.3) is 16.9 Å². The molecule has 0 radical (unpaired) electrons. The maximum absolute atomic E-state index is 5.46. The zero-order valence-electron chi connectivity index (χ0n) is 19.2. The molecular formula is C26H27N7O. The third-order valence-corrected chi connectivity index (χ3v) is 6.29. The lowest BCUT2D eigenvalue weighted by Gasteiger charge is -2.28. The van der Waals surface area contributed by atoms with E-state index in [1.807, 2.05) is 16.8 Å². The number of imidazole rings is 1. The van der Waals surface area contributed by atoms with Crippen molar-refractivity contribution in [2.45, 2.75) is 13.5 Å². The molecule has 172 valence electrons. The summed E-state index contributed by atoms with van der Waals surface area (Å²) in [5, 5.41) is 6.82. The van der Waals surface area contributed by atoms with E-state index in [0.717, 1.165) is 67.1 Å². The average Bonchev–Trinajstić information content (AvgIpc) is 3.52. The summed E-state index contributed by atoms with van der Waals surface area (Å²) < 4.78 is 7.48. The zero-order valence-corrected chi connectivity index (χ0v) is 19.2. The van der Waals surface area contributed by atoms with Crippen LogP contribution in [0.3, 0.4) is 0 Å². The van der Waals surface area contributed by atoms with Crippen molar-refractivity contribution in [1.82, 2.24) is 19.7 Å². The first-order valence-electron chi connectivity index (χ1n) is 11.7. The second-order valence-electron chi connectivity index (χ2n) is 8.47. The van der Waals surface area contributed by atoms with Crippen LogP contribution in [0, 0.1) is 0 Å². The minimum atomic E-state index is 0.694. The first-order valence-corrected chi connectivity index (χ1v) is 11.7. The fourth-order valence-electron chi connectivity index (χ4n) is 4.55. The Kier molecular flexibility index (Phi) is 5.35. The van der Waals surface area contributed by atoms with Crippen LogP contribution in [0.5, 0.6) is 0 Å². The number of aromatic nitrogens is 3. The van der Waals surface area contributed by atoms with Gasteiger partial charge < -0.3 is 24.7 Å². The number of hydrogen-bond donors (Lipinski definition) is 2. The van der Waals surface area contributed by atoms with Gasteiger partial charge in [-0.2, -0.15) is 0 Å². The van der Waals surface area contributed by atoms with Gasteiger partial charge in [-0.25, -0.2) is 9.97 Å². The highest BCUT2D eigenvalue weighted by Crippen LogP contribution is 2.29. The Morgan fingerprint density at radius 1 is 1.06 bits per heavy atom. The van der Waals surface area contributed by atoms with Crippen molar-refractivity contribution in [2.24, 2.45) is 4.99 Å². The molecule has 1 saturated heterocycles. The fourth-order valence-corrected chi connectivity index (χ4v) is 4.55. The summed E-state index contributed by atoms with van der Waals surface area (Å²) in [6.07, 6.45) is 5.78. The lowest BCUT2D eigenvalue weighted by Crippen LogP contribution is -2.36. The number of amidine groups is 1. The van der Waals surface area contributed by atoms with Gasteiger partial charge in [-0.05, 0) is 42.8 Å². The summed E-state index contributed by atoms with van der Waals surface area (Å²) in [7, 11) is 0. The second-order valence-corrected chi connectivity index (χ2v) is 8.47. The van der Waals surface area contributed by atoms with Crippen LogP contribution in [-0.2, 0) is 11.3 Å². The molecule has 4 aromatic rings. The largest absolute Gasteiger partial charge is 0.378 e. The van der Waals surface area contributed by atoms with Crippen LogP contribution in [0.15, 0.2) is 66.0 Å². The third kappa shape index (κ3) is 3.86. The minimum Gasteiger partial charge on any atom is -0.378 e. The number of aliphatic imine (C=N–C) groups is 1. The lowest BCUT2D eigenvalue weighted by molar-refractivity contribution is 0.122. The van der Waals surface area contributed by atoms with Gasteiger partial charge >= 0.3 is 0 Å². The van der Waals surface area contributed by atoms with Gasteiger partial charge in [0.2, 0.25) is 0 Å².